The minimum Gasteiger partial charge on any atom is -0.379 e. The molecule has 1 rings (SSSR count). The van der Waals surface area contributed by atoms with Crippen molar-refractivity contribution >= 4 is 0 Å². The number of nitrogens with one attached hydrogen (secondary N) is 1. The number of methoxy groups -OCH3 is 1. The van der Waals surface area contributed by atoms with Gasteiger partial charge in [-0.05, 0) is 53.1 Å². The average molecular weight is 242 g/mol. The third-order valence-corrected chi connectivity index (χ3v) is 3.82. The van der Waals surface area contributed by atoms with E-state index in [4.69, 9.17) is 4.74 Å². The summed E-state index contributed by atoms with van der Waals surface area (Å²) in [6.07, 6.45) is 3.70. The Kier molecular flexibility index (Phi) is 5.90. The van der Waals surface area contributed by atoms with Crippen LogP contribution in [0.1, 0.15) is 47.0 Å². The third kappa shape index (κ3) is 5.36. The van der Waals surface area contributed by atoms with Gasteiger partial charge in [-0.15, -0.1) is 0 Å². The molecule has 17 heavy (non-hydrogen) atoms. The first kappa shape index (κ1) is 14.9. The summed E-state index contributed by atoms with van der Waals surface area (Å²) in [7, 11) is 1.80. The number of rotatable bonds is 6. The summed E-state index contributed by atoms with van der Waals surface area (Å²) in [5, 5.41) is 3.75. The lowest BCUT2D eigenvalue weighted by molar-refractivity contribution is 0.00674. The summed E-state index contributed by atoms with van der Waals surface area (Å²) in [6, 6.07) is 1.18. The van der Waals surface area contributed by atoms with Crippen molar-refractivity contribution in [2.75, 3.05) is 26.7 Å². The summed E-state index contributed by atoms with van der Waals surface area (Å²) in [5.74, 6) is 0. The van der Waals surface area contributed by atoms with Crippen LogP contribution in [0.5, 0.6) is 0 Å². The minimum atomic E-state index is -0.0223. The molecule has 0 aliphatic carbocycles. The molecule has 1 saturated heterocycles. The summed E-state index contributed by atoms with van der Waals surface area (Å²) in [6.45, 7) is 12.5. The van der Waals surface area contributed by atoms with Crippen molar-refractivity contribution in [1.29, 1.82) is 0 Å². The first-order valence-electron chi connectivity index (χ1n) is 7.00. The van der Waals surface area contributed by atoms with Crippen LogP contribution in [0.4, 0.5) is 0 Å². The van der Waals surface area contributed by atoms with Gasteiger partial charge >= 0.3 is 0 Å². The smallest absolute Gasteiger partial charge is 0.0637 e. The highest BCUT2D eigenvalue weighted by Crippen LogP contribution is 2.17. The molecule has 1 N–H and O–H groups in total. The fourth-order valence-corrected chi connectivity index (χ4v) is 2.76. The number of likely N-dealkylation sites (tertiary alicyclic amines) is 1. The van der Waals surface area contributed by atoms with Gasteiger partial charge in [0.1, 0.15) is 0 Å². The molecule has 0 spiro atoms. The molecule has 0 aromatic carbocycles. The maximum atomic E-state index is 5.49. The van der Waals surface area contributed by atoms with E-state index in [1.165, 1.54) is 32.5 Å². The Hall–Kier alpha value is -0.120. The molecule has 0 aromatic heterocycles. The molecule has 2 unspecified atom stereocenters. The molecule has 0 radical (unpaired) electrons. The zero-order chi connectivity index (χ0) is 12.9. The Morgan fingerprint density at radius 1 is 1.47 bits per heavy atom. The molecule has 3 nitrogen and oxygen atoms in total. The molecule has 0 saturated carbocycles. The molecular weight excluding hydrogens is 212 g/mol. The normalized spacial score (nSPS) is 24.9. The van der Waals surface area contributed by atoms with Gasteiger partial charge in [0.25, 0.3) is 0 Å². The first-order valence-corrected chi connectivity index (χ1v) is 7.00. The van der Waals surface area contributed by atoms with E-state index in [-0.39, 0.29) is 5.60 Å². The summed E-state index contributed by atoms with van der Waals surface area (Å²) < 4.78 is 5.49. The van der Waals surface area contributed by atoms with Gasteiger partial charge in [0.15, 0.2) is 0 Å². The molecule has 0 aromatic rings. The van der Waals surface area contributed by atoms with Crippen LogP contribution in [-0.2, 0) is 4.74 Å². The number of nitrogens with zero attached hydrogens (tertiary/aromatic N) is 1. The predicted molar refractivity (Wildman–Crippen MR) is 73.4 cm³/mol. The fraction of sp³-hybridized carbons (Fsp3) is 1.00. The van der Waals surface area contributed by atoms with E-state index in [1.54, 1.807) is 7.11 Å². The van der Waals surface area contributed by atoms with E-state index in [9.17, 15) is 0 Å². The zero-order valence-electron chi connectivity index (χ0n) is 12.3. The van der Waals surface area contributed by atoms with Gasteiger partial charge in [-0.2, -0.15) is 0 Å². The van der Waals surface area contributed by atoms with Crippen LogP contribution in [0, 0.1) is 0 Å². The van der Waals surface area contributed by atoms with Crippen molar-refractivity contribution in [3.05, 3.63) is 0 Å². The first-order chi connectivity index (χ1) is 7.96. The van der Waals surface area contributed by atoms with Crippen molar-refractivity contribution in [2.45, 2.75) is 64.6 Å². The molecule has 1 fully saturated rings. The van der Waals surface area contributed by atoms with E-state index in [0.29, 0.717) is 12.1 Å². The second-order valence-electron chi connectivity index (χ2n) is 5.97. The van der Waals surface area contributed by atoms with Crippen LogP contribution in [0.25, 0.3) is 0 Å². The lowest BCUT2D eigenvalue weighted by Crippen LogP contribution is -2.49. The van der Waals surface area contributed by atoms with E-state index in [2.05, 4.69) is 37.9 Å². The highest BCUT2D eigenvalue weighted by Gasteiger charge is 2.24. The Morgan fingerprint density at radius 3 is 2.76 bits per heavy atom. The summed E-state index contributed by atoms with van der Waals surface area (Å²) >= 11 is 0. The maximum absolute atomic E-state index is 5.49. The fourth-order valence-electron chi connectivity index (χ4n) is 2.76. The van der Waals surface area contributed by atoms with Crippen LogP contribution < -0.4 is 5.32 Å². The number of hydrogen-bond donors (Lipinski definition) is 1. The van der Waals surface area contributed by atoms with Gasteiger partial charge in [-0.25, -0.2) is 0 Å². The Labute approximate surface area is 107 Å². The quantitative estimate of drug-likeness (QED) is 0.773. The number of piperidine rings is 1. The number of likely N-dealkylation sites (N-methyl/N-ethyl adjacent to an activating group) is 1. The van der Waals surface area contributed by atoms with Crippen LogP contribution >= 0.6 is 0 Å². The third-order valence-electron chi connectivity index (χ3n) is 3.82. The van der Waals surface area contributed by atoms with Gasteiger partial charge in [0, 0.05) is 25.7 Å². The topological polar surface area (TPSA) is 24.5 Å². The van der Waals surface area contributed by atoms with Crippen molar-refractivity contribution in [3.8, 4) is 0 Å². The molecule has 1 aliphatic heterocycles. The van der Waals surface area contributed by atoms with Gasteiger partial charge in [0.2, 0.25) is 0 Å². The number of hydrogen-bond acceptors (Lipinski definition) is 3. The second kappa shape index (κ2) is 6.72. The standard InChI is InChI=1S/C14H30N2O/c1-6-16-9-7-8-13(11-16)15-12(2)10-14(3,4)17-5/h12-13,15H,6-11H2,1-5H3. The van der Waals surface area contributed by atoms with Crippen molar-refractivity contribution < 1.29 is 4.74 Å². The van der Waals surface area contributed by atoms with Crippen LogP contribution in [0.3, 0.4) is 0 Å². The molecule has 0 bridgehead atoms. The van der Waals surface area contributed by atoms with E-state index < -0.39 is 0 Å². The van der Waals surface area contributed by atoms with Crippen LogP contribution in [-0.4, -0.2) is 49.3 Å². The molecular formula is C14H30N2O. The molecule has 0 amide bonds. The van der Waals surface area contributed by atoms with E-state index in [0.717, 1.165) is 6.42 Å². The van der Waals surface area contributed by atoms with Gasteiger partial charge in [0.05, 0.1) is 5.60 Å². The van der Waals surface area contributed by atoms with Gasteiger partial charge in [-0.1, -0.05) is 6.92 Å². The second-order valence-corrected chi connectivity index (χ2v) is 5.97. The van der Waals surface area contributed by atoms with Crippen molar-refractivity contribution in [1.82, 2.24) is 10.2 Å². The van der Waals surface area contributed by atoms with Crippen molar-refractivity contribution in [3.63, 3.8) is 0 Å². The molecule has 1 aliphatic rings. The SMILES string of the molecule is CCN1CCCC(NC(C)CC(C)(C)OC)C1. The van der Waals surface area contributed by atoms with E-state index in [1.807, 2.05) is 0 Å². The monoisotopic (exact) mass is 242 g/mol. The maximum Gasteiger partial charge on any atom is 0.0637 e. The lowest BCUT2D eigenvalue weighted by Gasteiger charge is -2.35. The largest absolute Gasteiger partial charge is 0.379 e. The van der Waals surface area contributed by atoms with E-state index >= 15 is 0 Å². The Balaban J connectivity index is 2.32. The summed E-state index contributed by atoms with van der Waals surface area (Å²) in [4.78, 5) is 2.54. The van der Waals surface area contributed by atoms with Crippen LogP contribution in [0.2, 0.25) is 0 Å². The van der Waals surface area contributed by atoms with Crippen LogP contribution in [0.15, 0.2) is 0 Å². The predicted octanol–water partition coefficient (Wildman–Crippen LogP) is 2.26. The molecule has 3 heteroatoms. The minimum absolute atomic E-state index is 0.0223. The van der Waals surface area contributed by atoms with Crippen molar-refractivity contribution in [2.24, 2.45) is 0 Å². The Morgan fingerprint density at radius 2 is 2.18 bits per heavy atom. The zero-order valence-corrected chi connectivity index (χ0v) is 12.3. The molecule has 102 valence electrons. The van der Waals surface area contributed by atoms with Gasteiger partial charge < -0.3 is 15.0 Å². The highest BCUT2D eigenvalue weighted by atomic mass is 16.5. The lowest BCUT2D eigenvalue weighted by atomic mass is 9.98. The molecule has 2 atom stereocenters. The Bertz CT molecular complexity index is 218. The summed E-state index contributed by atoms with van der Waals surface area (Å²) in [5.41, 5.74) is -0.0223. The molecule has 1 heterocycles. The van der Waals surface area contributed by atoms with Gasteiger partial charge in [-0.3, -0.25) is 0 Å². The number of ether oxygens (including phenoxy) is 1. The average Bonchev–Trinajstić information content (AvgIpc) is 2.28. The highest BCUT2D eigenvalue weighted by molar-refractivity contribution is 4.82.